The van der Waals surface area contributed by atoms with E-state index in [4.69, 9.17) is 13.6 Å². The Morgan fingerprint density at radius 3 is 2.24 bits per heavy atom. The van der Waals surface area contributed by atoms with E-state index < -0.39 is 22.7 Å². The maximum Gasteiger partial charge on any atom is 0.243 e. The van der Waals surface area contributed by atoms with E-state index in [2.05, 4.69) is 51.2 Å². The number of hydrogen-bond acceptors (Lipinski definition) is 5. The molecule has 0 aromatic carbocycles. The second kappa shape index (κ2) is 12.2. The average molecular weight is 406 g/mol. The maximum atomic E-state index is 11.0. The lowest BCUT2D eigenvalue weighted by Crippen LogP contribution is -2.43. The number of rotatable bonds is 14. The summed E-state index contributed by atoms with van der Waals surface area (Å²) in [6, 6.07) is 0.975. The Morgan fingerprint density at radius 2 is 1.76 bits per heavy atom. The molecule has 0 aromatic rings. The number of nitrogens with one attached hydrogen (secondary N) is 1. The predicted octanol–water partition coefficient (Wildman–Crippen LogP) is 2.17. The number of amides is 1. The standard InChI is InChI=1S/C16H35NO5Si3/c1-8-15(19)17-12-14(18)13-20-10-9-11-23-16(21-24(2,3)4)22-25(5,6)7/h8,14,16,18H,1,9-13H2,2-7H3,(H,17,19). The van der Waals surface area contributed by atoms with E-state index in [9.17, 15) is 9.90 Å². The first-order valence-electron chi connectivity index (χ1n) is 8.68. The zero-order valence-electron chi connectivity index (χ0n) is 16.6. The summed E-state index contributed by atoms with van der Waals surface area (Å²) in [5.74, 6) is -0.394. The fourth-order valence-electron chi connectivity index (χ4n) is 1.71. The molecular formula is C16H35NO5Si3. The van der Waals surface area contributed by atoms with Crippen molar-refractivity contribution in [2.45, 2.75) is 63.8 Å². The molecule has 0 aliphatic carbocycles. The van der Waals surface area contributed by atoms with E-state index in [0.29, 0.717) is 16.1 Å². The Labute approximate surface area is 157 Å². The summed E-state index contributed by atoms with van der Waals surface area (Å²) in [5, 5.41) is 12.2. The van der Waals surface area contributed by atoms with Gasteiger partial charge in [0, 0.05) is 13.2 Å². The Kier molecular flexibility index (Phi) is 12.0. The van der Waals surface area contributed by atoms with E-state index in [-0.39, 0.29) is 25.0 Å². The summed E-state index contributed by atoms with van der Waals surface area (Å²) in [6.07, 6.45) is 1.37. The molecule has 0 aromatic heterocycles. The summed E-state index contributed by atoms with van der Waals surface area (Å²) in [6.45, 7) is 17.4. The molecule has 25 heavy (non-hydrogen) atoms. The monoisotopic (exact) mass is 405 g/mol. The van der Waals surface area contributed by atoms with Crippen molar-refractivity contribution in [1.82, 2.24) is 5.32 Å². The molecule has 0 saturated carbocycles. The predicted molar refractivity (Wildman–Crippen MR) is 108 cm³/mol. The van der Waals surface area contributed by atoms with Gasteiger partial charge in [-0.2, -0.15) is 0 Å². The quantitative estimate of drug-likeness (QED) is 0.200. The Balaban J connectivity index is 3.94. The Hall–Kier alpha value is -0.299. The summed E-state index contributed by atoms with van der Waals surface area (Å²) < 4.78 is 17.8. The third-order valence-corrected chi connectivity index (χ3v) is 6.23. The van der Waals surface area contributed by atoms with E-state index in [0.717, 1.165) is 12.5 Å². The molecule has 0 saturated heterocycles. The highest BCUT2D eigenvalue weighted by Crippen LogP contribution is 2.14. The molecule has 6 nitrogen and oxygen atoms in total. The molecule has 146 valence electrons. The van der Waals surface area contributed by atoms with Crippen molar-refractivity contribution >= 4 is 32.1 Å². The maximum absolute atomic E-state index is 11.0. The minimum absolute atomic E-state index is 0.0990. The first-order valence-corrected chi connectivity index (χ1v) is 16.8. The van der Waals surface area contributed by atoms with Crippen LogP contribution in [0, 0.1) is 0 Å². The fourth-order valence-corrected chi connectivity index (χ4v) is 6.56. The van der Waals surface area contributed by atoms with Crippen molar-refractivity contribution in [1.29, 1.82) is 0 Å². The van der Waals surface area contributed by atoms with Crippen LogP contribution in [0.2, 0.25) is 45.3 Å². The Bertz CT molecular complexity index is 380. The van der Waals surface area contributed by atoms with Crippen LogP contribution < -0.4 is 5.32 Å². The highest BCUT2D eigenvalue weighted by molar-refractivity contribution is 6.71. The lowest BCUT2D eigenvalue weighted by atomic mass is 10.3. The van der Waals surface area contributed by atoms with Crippen LogP contribution in [0.4, 0.5) is 0 Å². The molecule has 9 heteroatoms. The number of aliphatic hydroxyl groups is 1. The molecule has 0 aliphatic rings. The van der Waals surface area contributed by atoms with E-state index >= 15 is 0 Å². The number of carbonyl (C=O) groups is 1. The van der Waals surface area contributed by atoms with Gasteiger partial charge in [0.15, 0.2) is 16.6 Å². The van der Waals surface area contributed by atoms with Gasteiger partial charge in [0.2, 0.25) is 5.91 Å². The smallest absolute Gasteiger partial charge is 0.243 e. The van der Waals surface area contributed by atoms with E-state index in [1.165, 1.54) is 6.08 Å². The summed E-state index contributed by atoms with van der Waals surface area (Å²) in [5.41, 5.74) is 0. The van der Waals surface area contributed by atoms with Gasteiger partial charge in [-0.25, -0.2) is 0 Å². The van der Waals surface area contributed by atoms with Crippen molar-refractivity contribution in [2.24, 2.45) is 0 Å². The number of hydrogen-bond donors (Lipinski definition) is 2. The van der Waals surface area contributed by atoms with Crippen LogP contribution in [0.25, 0.3) is 0 Å². The molecular weight excluding hydrogens is 370 g/mol. The van der Waals surface area contributed by atoms with E-state index in [1.807, 2.05) is 0 Å². The van der Waals surface area contributed by atoms with Crippen molar-refractivity contribution in [3.63, 3.8) is 0 Å². The summed E-state index contributed by atoms with van der Waals surface area (Å²) in [4.78, 5) is 11.0. The molecule has 0 rings (SSSR count). The third-order valence-electron chi connectivity index (χ3n) is 2.71. The average Bonchev–Trinajstić information content (AvgIpc) is 2.44. The Morgan fingerprint density at radius 1 is 1.20 bits per heavy atom. The van der Waals surface area contributed by atoms with Gasteiger partial charge in [0.05, 0.1) is 12.7 Å². The molecule has 1 unspecified atom stereocenters. The second-order valence-corrected chi connectivity index (χ2v) is 18.1. The minimum atomic E-state index is -1.63. The summed E-state index contributed by atoms with van der Waals surface area (Å²) >= 11 is 0. The van der Waals surface area contributed by atoms with Gasteiger partial charge >= 0.3 is 0 Å². The molecule has 1 amide bonds. The SMILES string of the molecule is C=CC(=O)NCC(O)COCCC[Si]C(O[Si](C)(C)C)O[Si](C)(C)C. The molecule has 0 spiro atoms. The van der Waals surface area contributed by atoms with Gasteiger partial charge in [-0.15, -0.1) is 0 Å². The minimum Gasteiger partial charge on any atom is -0.397 e. The summed E-state index contributed by atoms with van der Waals surface area (Å²) in [7, 11) is -2.68. The van der Waals surface area contributed by atoms with E-state index in [1.54, 1.807) is 0 Å². The molecule has 0 fully saturated rings. The van der Waals surface area contributed by atoms with Crippen LogP contribution >= 0.6 is 0 Å². The fraction of sp³-hybridized carbons (Fsp3) is 0.812. The lowest BCUT2D eigenvalue weighted by Gasteiger charge is -2.31. The largest absolute Gasteiger partial charge is 0.397 e. The van der Waals surface area contributed by atoms with Gasteiger partial charge in [-0.3, -0.25) is 4.79 Å². The van der Waals surface area contributed by atoms with Gasteiger partial charge in [0.25, 0.3) is 0 Å². The van der Waals surface area contributed by atoms with Crippen molar-refractivity contribution in [3.05, 3.63) is 12.7 Å². The molecule has 2 N–H and O–H groups in total. The highest BCUT2D eigenvalue weighted by Gasteiger charge is 2.26. The number of ether oxygens (including phenoxy) is 1. The van der Waals surface area contributed by atoms with Crippen LogP contribution in [0.5, 0.6) is 0 Å². The molecule has 0 heterocycles. The van der Waals surface area contributed by atoms with Crippen molar-refractivity contribution in [2.75, 3.05) is 19.8 Å². The van der Waals surface area contributed by atoms with Gasteiger partial charge in [-0.1, -0.05) is 12.6 Å². The normalized spacial score (nSPS) is 13.8. The third kappa shape index (κ3) is 16.9. The van der Waals surface area contributed by atoms with Gasteiger partial charge < -0.3 is 24.0 Å². The topological polar surface area (TPSA) is 77.0 Å². The second-order valence-electron chi connectivity index (χ2n) is 7.78. The molecule has 0 aliphatic heterocycles. The zero-order valence-corrected chi connectivity index (χ0v) is 19.6. The molecule has 1 atom stereocenters. The molecule has 2 radical (unpaired) electrons. The van der Waals surface area contributed by atoms with Crippen LogP contribution in [-0.2, 0) is 18.4 Å². The lowest BCUT2D eigenvalue weighted by molar-refractivity contribution is -0.117. The number of aliphatic hydroxyl groups excluding tert-OH is 1. The highest BCUT2D eigenvalue weighted by atomic mass is 28.4. The molecule has 0 bridgehead atoms. The van der Waals surface area contributed by atoms with Crippen molar-refractivity contribution in [3.8, 4) is 0 Å². The van der Waals surface area contributed by atoms with Crippen molar-refractivity contribution < 1.29 is 23.5 Å². The van der Waals surface area contributed by atoms with Gasteiger partial charge in [0.1, 0.15) is 15.4 Å². The van der Waals surface area contributed by atoms with Crippen LogP contribution in [0.3, 0.4) is 0 Å². The van der Waals surface area contributed by atoms with Crippen LogP contribution in [0.1, 0.15) is 6.42 Å². The first kappa shape index (κ1) is 24.7. The first-order chi connectivity index (χ1) is 11.4. The van der Waals surface area contributed by atoms with Crippen LogP contribution in [0.15, 0.2) is 12.7 Å². The zero-order chi connectivity index (χ0) is 19.5. The van der Waals surface area contributed by atoms with Crippen LogP contribution in [-0.4, -0.2) is 68.9 Å². The number of carbonyl (C=O) groups excluding carboxylic acids is 1. The van der Waals surface area contributed by atoms with Gasteiger partial charge in [-0.05, 0) is 51.8 Å².